The van der Waals surface area contributed by atoms with Gasteiger partial charge in [-0.2, -0.15) is 15.7 Å². The summed E-state index contributed by atoms with van der Waals surface area (Å²) in [5.74, 6) is 0.260. The van der Waals surface area contributed by atoms with Gasteiger partial charge in [0.1, 0.15) is 4.21 Å². The Hall–Kier alpha value is -0.760. The molecule has 2 atom stereocenters. The summed E-state index contributed by atoms with van der Waals surface area (Å²) in [6, 6.07) is 4.41. The van der Waals surface area contributed by atoms with Crippen molar-refractivity contribution in [1.82, 2.24) is 4.72 Å². The van der Waals surface area contributed by atoms with Gasteiger partial charge in [0.25, 0.3) is 0 Å². The quantitative estimate of drug-likeness (QED) is 0.944. The molecule has 7 heteroatoms. The van der Waals surface area contributed by atoms with Crippen LogP contribution >= 0.6 is 22.7 Å². The minimum atomic E-state index is -3.57. The number of hydrogen-bond donors (Lipinski definition) is 1. The lowest BCUT2D eigenvalue weighted by Crippen LogP contribution is -2.26. The predicted molar refractivity (Wildman–Crippen MR) is 70.1 cm³/mol. The van der Waals surface area contributed by atoms with Gasteiger partial charge < -0.3 is 0 Å². The monoisotopic (exact) mass is 303 g/mol. The minimum Gasteiger partial charge on any atom is -0.207 e. The Bertz CT molecular complexity index is 648. The lowest BCUT2D eigenvalue weighted by Gasteiger charge is -2.03. The van der Waals surface area contributed by atoms with E-state index in [1.54, 1.807) is 11.3 Å². The first-order valence-electron chi connectivity index (χ1n) is 5.36. The van der Waals surface area contributed by atoms with E-state index < -0.39 is 15.2 Å². The van der Waals surface area contributed by atoms with E-state index in [4.69, 9.17) is 0 Å². The lowest BCUT2D eigenvalue weighted by molar-refractivity contribution is 0.582. The molecule has 0 aromatic carbocycles. The third kappa shape index (κ3) is 2.35. The van der Waals surface area contributed by atoms with Crippen molar-refractivity contribution in [3.05, 3.63) is 39.7 Å². The molecule has 0 bridgehead atoms. The number of thiophene rings is 2. The number of hydrogen-bond acceptors (Lipinski definition) is 4. The van der Waals surface area contributed by atoms with Gasteiger partial charge >= 0.3 is 0 Å². The predicted octanol–water partition coefficient (Wildman–Crippen LogP) is 2.78. The Labute approximate surface area is 112 Å². The largest absolute Gasteiger partial charge is 0.250 e. The normalized spacial score (nSPS) is 23.2. The average molecular weight is 303 g/mol. The molecule has 2 heterocycles. The van der Waals surface area contributed by atoms with Gasteiger partial charge in [0.05, 0.1) is 0 Å². The van der Waals surface area contributed by atoms with E-state index >= 15 is 0 Å². The Morgan fingerprint density at radius 2 is 2.17 bits per heavy atom. The molecule has 1 saturated carbocycles. The topological polar surface area (TPSA) is 46.2 Å². The maximum Gasteiger partial charge on any atom is 0.250 e. The molecule has 0 amide bonds. The molecule has 18 heavy (non-hydrogen) atoms. The molecule has 2 aromatic rings. The smallest absolute Gasteiger partial charge is 0.207 e. The van der Waals surface area contributed by atoms with Crippen molar-refractivity contribution < 1.29 is 12.8 Å². The highest BCUT2D eigenvalue weighted by Crippen LogP contribution is 2.42. The second kappa shape index (κ2) is 4.41. The van der Waals surface area contributed by atoms with Gasteiger partial charge in [0.2, 0.25) is 10.0 Å². The molecule has 0 unspecified atom stereocenters. The maximum atomic E-state index is 12.8. The van der Waals surface area contributed by atoms with E-state index in [2.05, 4.69) is 4.72 Å². The Kier molecular flexibility index (Phi) is 3.01. The van der Waals surface area contributed by atoms with Crippen molar-refractivity contribution in [2.24, 2.45) is 0 Å². The van der Waals surface area contributed by atoms with Crippen molar-refractivity contribution in [3.8, 4) is 0 Å². The summed E-state index contributed by atoms with van der Waals surface area (Å²) in [7, 11) is -3.57. The standard InChI is InChI=1S/C11H10FNO2S3/c12-10-1-2-11(17-10)18(14,15)13-9-5-8(9)7-3-4-16-6-7/h1-4,6,8-9,13H,5H2/t8-,9+/m0/s1. The van der Waals surface area contributed by atoms with Gasteiger partial charge in [-0.15, -0.1) is 0 Å². The zero-order chi connectivity index (χ0) is 12.8. The molecule has 1 aliphatic carbocycles. The van der Waals surface area contributed by atoms with Gasteiger partial charge in [-0.05, 0) is 40.9 Å². The molecule has 2 aromatic heterocycles. The molecule has 96 valence electrons. The first-order chi connectivity index (χ1) is 8.56. The molecule has 0 saturated heterocycles. The fourth-order valence-electron chi connectivity index (χ4n) is 1.88. The Balaban J connectivity index is 1.71. The molecule has 3 rings (SSSR count). The van der Waals surface area contributed by atoms with Crippen LogP contribution in [-0.4, -0.2) is 14.5 Å². The third-order valence-electron chi connectivity index (χ3n) is 2.88. The molecular formula is C11H10FNO2S3. The van der Waals surface area contributed by atoms with Gasteiger partial charge in [0.15, 0.2) is 5.13 Å². The van der Waals surface area contributed by atoms with E-state index in [-0.39, 0.29) is 16.2 Å². The van der Waals surface area contributed by atoms with Crippen LogP contribution in [-0.2, 0) is 10.0 Å². The highest BCUT2D eigenvalue weighted by atomic mass is 32.2. The Morgan fingerprint density at radius 3 is 2.78 bits per heavy atom. The van der Waals surface area contributed by atoms with Gasteiger partial charge in [-0.25, -0.2) is 13.1 Å². The van der Waals surface area contributed by atoms with Gasteiger partial charge in [-0.3, -0.25) is 0 Å². The van der Waals surface area contributed by atoms with Crippen LogP contribution in [0.2, 0.25) is 0 Å². The number of rotatable bonds is 4. The summed E-state index contributed by atoms with van der Waals surface area (Å²) in [6.45, 7) is 0. The van der Waals surface area contributed by atoms with Crippen LogP contribution in [0.25, 0.3) is 0 Å². The molecule has 0 radical (unpaired) electrons. The molecule has 0 aliphatic heterocycles. The summed E-state index contributed by atoms with van der Waals surface area (Å²) in [5.41, 5.74) is 1.17. The molecule has 0 spiro atoms. The van der Waals surface area contributed by atoms with Crippen LogP contribution in [0.3, 0.4) is 0 Å². The lowest BCUT2D eigenvalue weighted by atomic mass is 10.2. The van der Waals surface area contributed by atoms with E-state index in [9.17, 15) is 12.8 Å². The molecule has 1 fully saturated rings. The van der Waals surface area contributed by atoms with Crippen LogP contribution < -0.4 is 4.72 Å². The number of nitrogens with one attached hydrogen (secondary N) is 1. The van der Waals surface area contributed by atoms with Crippen LogP contribution in [0.15, 0.2) is 33.2 Å². The fourth-order valence-corrected chi connectivity index (χ4v) is 4.91. The summed E-state index contributed by atoms with van der Waals surface area (Å²) < 4.78 is 39.4. The second-order valence-electron chi connectivity index (χ2n) is 4.19. The van der Waals surface area contributed by atoms with Crippen LogP contribution in [0.1, 0.15) is 17.9 Å². The first kappa shape index (κ1) is 12.3. The SMILES string of the molecule is O=S(=O)(N[C@@H]1C[C@H]1c1ccsc1)c1ccc(F)s1. The zero-order valence-corrected chi connectivity index (χ0v) is 11.6. The van der Waals surface area contributed by atoms with Crippen molar-refractivity contribution in [2.45, 2.75) is 22.6 Å². The van der Waals surface area contributed by atoms with Crippen molar-refractivity contribution in [3.63, 3.8) is 0 Å². The summed E-state index contributed by atoms with van der Waals surface area (Å²) in [6.07, 6.45) is 0.809. The number of sulfonamides is 1. The second-order valence-corrected chi connectivity index (χ2v) is 7.94. The van der Waals surface area contributed by atoms with E-state index in [0.29, 0.717) is 11.3 Å². The molecule has 3 nitrogen and oxygen atoms in total. The van der Waals surface area contributed by atoms with Crippen LogP contribution in [0, 0.1) is 5.13 Å². The van der Waals surface area contributed by atoms with Crippen molar-refractivity contribution in [1.29, 1.82) is 0 Å². The highest BCUT2D eigenvalue weighted by Gasteiger charge is 2.41. The van der Waals surface area contributed by atoms with Crippen molar-refractivity contribution >= 4 is 32.7 Å². The summed E-state index contributed by atoms with van der Waals surface area (Å²) in [5, 5.41) is 3.53. The van der Waals surface area contributed by atoms with Crippen LogP contribution in [0.5, 0.6) is 0 Å². The summed E-state index contributed by atoms with van der Waals surface area (Å²) in [4.78, 5) is 0. The molecule has 1 N–H and O–H groups in total. The van der Waals surface area contributed by atoms with E-state index in [0.717, 1.165) is 6.42 Å². The minimum absolute atomic E-state index is 0.0379. The third-order valence-corrected chi connectivity index (χ3v) is 6.44. The van der Waals surface area contributed by atoms with Gasteiger partial charge in [0, 0.05) is 12.0 Å². The number of halogens is 1. The Morgan fingerprint density at radius 1 is 1.33 bits per heavy atom. The molecular weight excluding hydrogens is 293 g/mol. The first-order valence-corrected chi connectivity index (χ1v) is 8.60. The highest BCUT2D eigenvalue weighted by molar-refractivity contribution is 7.91. The summed E-state index contributed by atoms with van der Waals surface area (Å²) >= 11 is 2.25. The molecule has 1 aliphatic rings. The van der Waals surface area contributed by atoms with Gasteiger partial charge in [-0.1, -0.05) is 11.3 Å². The van der Waals surface area contributed by atoms with E-state index in [1.807, 2.05) is 16.8 Å². The zero-order valence-electron chi connectivity index (χ0n) is 9.17. The fraction of sp³-hybridized carbons (Fsp3) is 0.273. The average Bonchev–Trinajstić information content (AvgIpc) is 2.78. The maximum absolute atomic E-state index is 12.8. The van der Waals surface area contributed by atoms with E-state index in [1.165, 1.54) is 17.7 Å². The van der Waals surface area contributed by atoms with Crippen LogP contribution in [0.4, 0.5) is 4.39 Å². The van der Waals surface area contributed by atoms with Crippen molar-refractivity contribution in [2.75, 3.05) is 0 Å².